The highest BCUT2D eigenvalue weighted by molar-refractivity contribution is 5.96. The molecule has 1 aromatic rings. The van der Waals surface area contributed by atoms with Gasteiger partial charge in [-0.3, -0.25) is 5.41 Å². The van der Waals surface area contributed by atoms with Gasteiger partial charge in [-0.25, -0.2) is 0 Å². The molecule has 4 heteroatoms. The van der Waals surface area contributed by atoms with Crippen LogP contribution in [0.5, 0.6) is 0 Å². The van der Waals surface area contributed by atoms with Gasteiger partial charge in [0.15, 0.2) is 0 Å². The van der Waals surface area contributed by atoms with Gasteiger partial charge in [-0.05, 0) is 43.0 Å². The van der Waals surface area contributed by atoms with E-state index in [4.69, 9.17) is 11.1 Å². The number of nitrogen functional groups attached to an aromatic ring is 1. The lowest BCUT2D eigenvalue weighted by Crippen LogP contribution is -2.42. The van der Waals surface area contributed by atoms with Crippen LogP contribution in [-0.2, 0) is 0 Å². The Labute approximate surface area is 108 Å². The first kappa shape index (κ1) is 12.9. The van der Waals surface area contributed by atoms with Crippen molar-refractivity contribution in [3.63, 3.8) is 0 Å². The van der Waals surface area contributed by atoms with Gasteiger partial charge in [0.1, 0.15) is 5.84 Å². The minimum absolute atomic E-state index is 0.103. The number of nitrogens with zero attached hydrogens (tertiary/aromatic N) is 1. The fourth-order valence-electron chi connectivity index (χ4n) is 2.43. The van der Waals surface area contributed by atoms with Crippen molar-refractivity contribution in [3.05, 3.63) is 29.3 Å². The lowest BCUT2D eigenvalue weighted by Gasteiger charge is -2.36. The van der Waals surface area contributed by atoms with Crippen LogP contribution in [0.4, 0.5) is 5.69 Å². The number of β-amino-alcohol motifs (C(OH)–C–C–N with tert-alkyl or cyclic N) is 1. The molecule has 0 aliphatic carbocycles. The molecule has 0 saturated carbocycles. The van der Waals surface area contributed by atoms with E-state index in [2.05, 4.69) is 11.8 Å². The van der Waals surface area contributed by atoms with Crippen LogP contribution < -0.4 is 10.6 Å². The van der Waals surface area contributed by atoms with Crippen LogP contribution in [0.3, 0.4) is 0 Å². The maximum atomic E-state index is 9.93. The van der Waals surface area contributed by atoms with Crippen molar-refractivity contribution in [1.82, 2.24) is 0 Å². The summed E-state index contributed by atoms with van der Waals surface area (Å²) in [6, 6.07) is 5.91. The normalized spacial score (nSPS) is 24.1. The highest BCUT2D eigenvalue weighted by Crippen LogP contribution is 2.25. The van der Waals surface area contributed by atoms with E-state index in [9.17, 15) is 5.11 Å². The highest BCUT2D eigenvalue weighted by Gasteiger charge is 2.24. The molecule has 0 amide bonds. The Bertz CT molecular complexity index is 458. The molecule has 1 fully saturated rings. The molecule has 2 atom stereocenters. The average molecular weight is 247 g/mol. The smallest absolute Gasteiger partial charge is 0.123 e. The molecule has 2 rings (SSSR count). The Morgan fingerprint density at radius 3 is 2.78 bits per heavy atom. The number of nitrogens with one attached hydrogen (secondary N) is 1. The first-order chi connectivity index (χ1) is 8.49. The third-order valence-electron chi connectivity index (χ3n) is 3.78. The quantitative estimate of drug-likeness (QED) is 0.547. The second kappa shape index (κ2) is 4.98. The lowest BCUT2D eigenvalue weighted by molar-refractivity contribution is 0.103. The van der Waals surface area contributed by atoms with E-state index in [1.807, 2.05) is 25.1 Å². The van der Waals surface area contributed by atoms with Gasteiger partial charge in [-0.15, -0.1) is 0 Å². The zero-order chi connectivity index (χ0) is 13.3. The molecule has 0 spiro atoms. The van der Waals surface area contributed by atoms with Crippen molar-refractivity contribution in [2.75, 3.05) is 18.0 Å². The first-order valence-electron chi connectivity index (χ1n) is 6.37. The molecule has 0 radical (unpaired) electrons. The Hall–Kier alpha value is -1.55. The van der Waals surface area contributed by atoms with Gasteiger partial charge in [-0.1, -0.05) is 6.92 Å². The molecule has 1 saturated heterocycles. The predicted octanol–water partition coefficient (Wildman–Crippen LogP) is 1.49. The summed E-state index contributed by atoms with van der Waals surface area (Å²) >= 11 is 0. The Morgan fingerprint density at radius 1 is 1.50 bits per heavy atom. The topological polar surface area (TPSA) is 73.3 Å². The van der Waals surface area contributed by atoms with Crippen LogP contribution in [0.1, 0.15) is 24.5 Å². The van der Waals surface area contributed by atoms with Crippen molar-refractivity contribution >= 4 is 11.5 Å². The monoisotopic (exact) mass is 247 g/mol. The summed E-state index contributed by atoms with van der Waals surface area (Å²) < 4.78 is 0. The molecule has 0 bridgehead atoms. The molecular formula is C14H21N3O. The van der Waals surface area contributed by atoms with Gasteiger partial charge in [-0.2, -0.15) is 0 Å². The molecule has 1 heterocycles. The van der Waals surface area contributed by atoms with Crippen molar-refractivity contribution in [2.24, 2.45) is 11.7 Å². The summed E-state index contributed by atoms with van der Waals surface area (Å²) in [6.45, 7) is 5.70. The number of hydrogen-bond acceptors (Lipinski definition) is 3. The third-order valence-corrected chi connectivity index (χ3v) is 3.78. The molecule has 98 valence electrons. The van der Waals surface area contributed by atoms with Gasteiger partial charge < -0.3 is 15.7 Å². The Balaban J connectivity index is 2.19. The van der Waals surface area contributed by atoms with Gasteiger partial charge in [0.25, 0.3) is 0 Å². The van der Waals surface area contributed by atoms with E-state index < -0.39 is 0 Å². The molecule has 4 nitrogen and oxygen atoms in total. The molecule has 1 aliphatic heterocycles. The first-order valence-corrected chi connectivity index (χ1v) is 6.37. The van der Waals surface area contributed by atoms with Crippen molar-refractivity contribution in [3.8, 4) is 0 Å². The van der Waals surface area contributed by atoms with Crippen LogP contribution in [0.15, 0.2) is 18.2 Å². The van der Waals surface area contributed by atoms with Crippen LogP contribution in [0.2, 0.25) is 0 Å². The molecule has 1 aromatic carbocycles. The number of hydrogen-bond donors (Lipinski definition) is 3. The second-order valence-corrected chi connectivity index (χ2v) is 5.19. The minimum atomic E-state index is -0.258. The number of rotatable bonds is 2. The number of aliphatic hydroxyl groups excluding tert-OH is 1. The van der Waals surface area contributed by atoms with E-state index >= 15 is 0 Å². The Kier molecular flexibility index (Phi) is 3.57. The van der Waals surface area contributed by atoms with Crippen LogP contribution in [0, 0.1) is 18.3 Å². The van der Waals surface area contributed by atoms with E-state index in [1.54, 1.807) is 0 Å². The number of piperidine rings is 1. The minimum Gasteiger partial charge on any atom is -0.391 e. The summed E-state index contributed by atoms with van der Waals surface area (Å²) in [5.41, 5.74) is 8.40. The van der Waals surface area contributed by atoms with Crippen molar-refractivity contribution in [2.45, 2.75) is 26.4 Å². The number of amidine groups is 1. The van der Waals surface area contributed by atoms with Crippen LogP contribution in [-0.4, -0.2) is 30.1 Å². The largest absolute Gasteiger partial charge is 0.391 e. The lowest BCUT2D eigenvalue weighted by atomic mass is 9.95. The average Bonchev–Trinajstić information content (AvgIpc) is 2.32. The van der Waals surface area contributed by atoms with E-state index in [-0.39, 0.29) is 11.9 Å². The molecule has 2 unspecified atom stereocenters. The highest BCUT2D eigenvalue weighted by atomic mass is 16.3. The maximum absolute atomic E-state index is 9.93. The summed E-state index contributed by atoms with van der Waals surface area (Å²) in [5.74, 6) is 0.477. The number of benzene rings is 1. The zero-order valence-corrected chi connectivity index (χ0v) is 11.0. The predicted molar refractivity (Wildman–Crippen MR) is 74.2 cm³/mol. The van der Waals surface area contributed by atoms with Crippen LogP contribution in [0.25, 0.3) is 0 Å². The van der Waals surface area contributed by atoms with Crippen molar-refractivity contribution in [1.29, 1.82) is 5.41 Å². The standard InChI is InChI=1S/C14H21N3O/c1-9-5-6-17(8-13(9)18)11-3-4-12(14(15)16)10(2)7-11/h3-4,7,9,13,18H,5-6,8H2,1-2H3,(H3,15,16). The van der Waals surface area contributed by atoms with Crippen molar-refractivity contribution < 1.29 is 5.11 Å². The number of aryl methyl sites for hydroxylation is 1. The molecule has 0 aromatic heterocycles. The summed E-state index contributed by atoms with van der Waals surface area (Å²) in [5, 5.41) is 17.4. The number of nitrogens with two attached hydrogens (primary N) is 1. The Morgan fingerprint density at radius 2 is 2.22 bits per heavy atom. The number of anilines is 1. The van der Waals surface area contributed by atoms with Gasteiger partial charge in [0, 0.05) is 24.3 Å². The molecule has 1 aliphatic rings. The molecule has 18 heavy (non-hydrogen) atoms. The fourth-order valence-corrected chi connectivity index (χ4v) is 2.43. The third kappa shape index (κ3) is 2.48. The molecular weight excluding hydrogens is 226 g/mol. The fraction of sp³-hybridized carbons (Fsp3) is 0.500. The zero-order valence-electron chi connectivity index (χ0n) is 11.0. The SMILES string of the molecule is Cc1cc(N2CCC(C)C(O)C2)ccc1C(=N)N. The van der Waals surface area contributed by atoms with Gasteiger partial charge >= 0.3 is 0 Å². The van der Waals surface area contributed by atoms with Gasteiger partial charge in [0.2, 0.25) is 0 Å². The molecule has 4 N–H and O–H groups in total. The second-order valence-electron chi connectivity index (χ2n) is 5.19. The van der Waals surface area contributed by atoms with E-state index in [0.29, 0.717) is 12.5 Å². The van der Waals surface area contributed by atoms with E-state index in [1.165, 1.54) is 0 Å². The number of aliphatic hydroxyl groups is 1. The summed E-state index contributed by atoms with van der Waals surface area (Å²) in [7, 11) is 0. The maximum Gasteiger partial charge on any atom is 0.123 e. The van der Waals surface area contributed by atoms with Gasteiger partial charge in [0.05, 0.1) is 6.10 Å². The van der Waals surface area contributed by atoms with Crippen LogP contribution >= 0.6 is 0 Å². The summed E-state index contributed by atoms with van der Waals surface area (Å²) in [4.78, 5) is 2.20. The van der Waals surface area contributed by atoms with E-state index in [0.717, 1.165) is 29.8 Å². The summed E-state index contributed by atoms with van der Waals surface area (Å²) in [6.07, 6.45) is 0.751.